The number of carboxylic acids is 1. The lowest BCUT2D eigenvalue weighted by molar-refractivity contribution is -0.116. The van der Waals surface area contributed by atoms with E-state index in [9.17, 15) is 14.7 Å². The molecule has 5 heteroatoms. The number of hydrogen-bond acceptors (Lipinski definition) is 3. The Bertz CT molecular complexity index is 499. The molecule has 1 aliphatic heterocycles. The summed E-state index contributed by atoms with van der Waals surface area (Å²) in [6, 6.07) is 5.11. The van der Waals surface area contributed by atoms with E-state index in [4.69, 9.17) is 0 Å². The molecule has 1 amide bonds. The van der Waals surface area contributed by atoms with Gasteiger partial charge in [0, 0.05) is 19.0 Å². The van der Waals surface area contributed by atoms with E-state index in [0.717, 1.165) is 12.2 Å². The number of carboxylic acid groups (broad SMARTS) is 1. The minimum Gasteiger partial charge on any atom is -0.478 e. The Morgan fingerprint density at radius 1 is 1.56 bits per heavy atom. The lowest BCUT2D eigenvalue weighted by atomic mass is 10.1. The van der Waals surface area contributed by atoms with Crippen LogP contribution in [0.1, 0.15) is 30.6 Å². The van der Waals surface area contributed by atoms with Crippen molar-refractivity contribution in [3.8, 4) is 0 Å². The van der Waals surface area contributed by atoms with Crippen molar-refractivity contribution in [2.75, 3.05) is 16.8 Å². The van der Waals surface area contributed by atoms with Gasteiger partial charge < -0.3 is 15.3 Å². The van der Waals surface area contributed by atoms with Crippen molar-refractivity contribution >= 4 is 23.3 Å². The van der Waals surface area contributed by atoms with Gasteiger partial charge in [0.05, 0.1) is 16.9 Å². The van der Waals surface area contributed by atoms with Gasteiger partial charge in [-0.1, -0.05) is 6.07 Å². The molecule has 0 radical (unpaired) electrons. The maximum Gasteiger partial charge on any atom is 0.337 e. The molecule has 0 bridgehead atoms. The zero-order chi connectivity index (χ0) is 13.3. The number of amides is 1. The number of fused-ring (bicyclic) bond motifs is 1. The van der Waals surface area contributed by atoms with Crippen LogP contribution < -0.4 is 10.2 Å². The molecule has 2 N–H and O–H groups in total. The molecule has 0 saturated carbocycles. The predicted molar refractivity (Wildman–Crippen MR) is 69.1 cm³/mol. The number of para-hydroxylation sites is 1. The number of carbonyl (C=O) groups excluding carboxylic acids is 1. The minimum atomic E-state index is -1.03. The van der Waals surface area contributed by atoms with Crippen molar-refractivity contribution < 1.29 is 14.7 Å². The van der Waals surface area contributed by atoms with E-state index in [0.29, 0.717) is 12.1 Å². The topological polar surface area (TPSA) is 69.6 Å². The summed E-state index contributed by atoms with van der Waals surface area (Å²) in [6.45, 7) is 4.68. The van der Waals surface area contributed by atoms with Crippen molar-refractivity contribution in [1.82, 2.24) is 0 Å². The van der Waals surface area contributed by atoms with Gasteiger partial charge in [-0.2, -0.15) is 0 Å². The Hall–Kier alpha value is -2.04. The highest BCUT2D eigenvalue weighted by molar-refractivity contribution is 6.05. The Morgan fingerprint density at radius 3 is 2.89 bits per heavy atom. The largest absolute Gasteiger partial charge is 0.478 e. The quantitative estimate of drug-likeness (QED) is 0.839. The monoisotopic (exact) mass is 248 g/mol. The second-order valence-corrected chi connectivity index (χ2v) is 4.39. The molecule has 0 aromatic heterocycles. The van der Waals surface area contributed by atoms with Crippen molar-refractivity contribution in [3.63, 3.8) is 0 Å². The first kappa shape index (κ1) is 12.4. The van der Waals surface area contributed by atoms with E-state index in [-0.39, 0.29) is 17.5 Å². The van der Waals surface area contributed by atoms with E-state index in [2.05, 4.69) is 5.32 Å². The Labute approximate surface area is 105 Å². The first-order chi connectivity index (χ1) is 8.54. The predicted octanol–water partition coefficient (Wildman–Crippen LogP) is 1.94. The number of anilines is 2. The number of nitrogens with zero attached hydrogens (tertiary/aromatic N) is 1. The molecule has 0 aliphatic carbocycles. The summed E-state index contributed by atoms with van der Waals surface area (Å²) in [7, 11) is 0. The molecule has 1 heterocycles. The third-order valence-electron chi connectivity index (χ3n) is 3.20. The molecule has 1 aromatic rings. The van der Waals surface area contributed by atoms with Gasteiger partial charge in [-0.3, -0.25) is 4.79 Å². The van der Waals surface area contributed by atoms with E-state index < -0.39 is 5.97 Å². The third-order valence-corrected chi connectivity index (χ3v) is 3.20. The average molecular weight is 248 g/mol. The third kappa shape index (κ3) is 2.03. The summed E-state index contributed by atoms with van der Waals surface area (Å²) in [5.41, 5.74) is 1.31. The van der Waals surface area contributed by atoms with Crippen LogP contribution in [0.15, 0.2) is 18.2 Å². The standard InChI is InChI=1S/C13H16N2O3/c1-3-15-8(2)7-11(16)14-12-9(13(17)18)5-4-6-10(12)15/h4-6,8H,3,7H2,1-2H3,(H,14,16)(H,17,18). The molecule has 0 fully saturated rings. The Balaban J connectivity index is 2.61. The fourth-order valence-corrected chi connectivity index (χ4v) is 2.38. The van der Waals surface area contributed by atoms with Crippen LogP contribution >= 0.6 is 0 Å². The van der Waals surface area contributed by atoms with Crippen LogP contribution in [0.25, 0.3) is 0 Å². The SMILES string of the molecule is CCN1c2cccc(C(=O)O)c2NC(=O)CC1C. The smallest absolute Gasteiger partial charge is 0.337 e. The van der Waals surface area contributed by atoms with E-state index in [1.807, 2.05) is 24.8 Å². The van der Waals surface area contributed by atoms with Crippen molar-refractivity contribution in [3.05, 3.63) is 23.8 Å². The number of benzene rings is 1. The Kier molecular flexibility index (Phi) is 3.23. The molecule has 18 heavy (non-hydrogen) atoms. The van der Waals surface area contributed by atoms with E-state index >= 15 is 0 Å². The van der Waals surface area contributed by atoms with Crippen LogP contribution in [0.3, 0.4) is 0 Å². The number of rotatable bonds is 2. The lowest BCUT2D eigenvalue weighted by Gasteiger charge is -2.28. The molecule has 96 valence electrons. The van der Waals surface area contributed by atoms with E-state index in [1.54, 1.807) is 6.07 Å². The van der Waals surface area contributed by atoms with Crippen molar-refractivity contribution in [1.29, 1.82) is 0 Å². The van der Waals surface area contributed by atoms with Gasteiger partial charge in [-0.05, 0) is 26.0 Å². The number of carbonyl (C=O) groups is 2. The van der Waals surface area contributed by atoms with Gasteiger partial charge in [0.25, 0.3) is 0 Å². The lowest BCUT2D eigenvalue weighted by Crippen LogP contribution is -2.33. The maximum atomic E-state index is 11.8. The molecule has 2 rings (SSSR count). The van der Waals surface area contributed by atoms with Crippen LogP contribution in [0, 0.1) is 0 Å². The molecule has 1 atom stereocenters. The van der Waals surface area contributed by atoms with Gasteiger partial charge in [0.15, 0.2) is 0 Å². The van der Waals surface area contributed by atoms with Gasteiger partial charge >= 0.3 is 5.97 Å². The van der Waals surface area contributed by atoms with Gasteiger partial charge in [-0.15, -0.1) is 0 Å². The second kappa shape index (κ2) is 4.68. The highest BCUT2D eigenvalue weighted by Crippen LogP contribution is 2.34. The first-order valence-corrected chi connectivity index (χ1v) is 5.97. The average Bonchev–Trinajstić information content (AvgIpc) is 2.42. The maximum absolute atomic E-state index is 11.8. The molecule has 5 nitrogen and oxygen atoms in total. The summed E-state index contributed by atoms with van der Waals surface area (Å²) in [4.78, 5) is 25.0. The molecular weight excluding hydrogens is 232 g/mol. The van der Waals surface area contributed by atoms with Crippen LogP contribution in [0.4, 0.5) is 11.4 Å². The van der Waals surface area contributed by atoms with E-state index in [1.165, 1.54) is 6.07 Å². The van der Waals surface area contributed by atoms with Gasteiger partial charge in [0.2, 0.25) is 5.91 Å². The summed E-state index contributed by atoms with van der Waals surface area (Å²) in [5, 5.41) is 11.9. The molecule has 1 aliphatic rings. The van der Waals surface area contributed by atoms with Gasteiger partial charge in [-0.25, -0.2) is 4.79 Å². The first-order valence-electron chi connectivity index (χ1n) is 5.97. The van der Waals surface area contributed by atoms with Crippen LogP contribution in [0.2, 0.25) is 0 Å². The van der Waals surface area contributed by atoms with Crippen LogP contribution in [0.5, 0.6) is 0 Å². The minimum absolute atomic E-state index is 0.0558. The molecular formula is C13H16N2O3. The summed E-state index contributed by atoms with van der Waals surface area (Å²) in [6.07, 6.45) is 0.363. The summed E-state index contributed by atoms with van der Waals surface area (Å²) in [5.74, 6) is -1.17. The van der Waals surface area contributed by atoms with Gasteiger partial charge in [0.1, 0.15) is 0 Å². The number of nitrogens with one attached hydrogen (secondary N) is 1. The molecule has 0 saturated heterocycles. The number of hydrogen-bond donors (Lipinski definition) is 2. The zero-order valence-corrected chi connectivity index (χ0v) is 10.4. The highest BCUT2D eigenvalue weighted by atomic mass is 16.4. The highest BCUT2D eigenvalue weighted by Gasteiger charge is 2.27. The Morgan fingerprint density at radius 2 is 2.28 bits per heavy atom. The summed E-state index contributed by atoms with van der Waals surface area (Å²) >= 11 is 0. The normalized spacial score (nSPS) is 18.9. The van der Waals surface area contributed by atoms with Crippen LogP contribution in [-0.2, 0) is 4.79 Å². The second-order valence-electron chi connectivity index (χ2n) is 4.39. The van der Waals surface area contributed by atoms with Crippen LogP contribution in [-0.4, -0.2) is 29.6 Å². The summed E-state index contributed by atoms with van der Waals surface area (Å²) < 4.78 is 0. The molecule has 1 aromatic carbocycles. The fourth-order valence-electron chi connectivity index (χ4n) is 2.38. The molecule has 1 unspecified atom stereocenters. The number of aromatic carboxylic acids is 1. The van der Waals surface area contributed by atoms with Crippen molar-refractivity contribution in [2.45, 2.75) is 26.3 Å². The zero-order valence-electron chi connectivity index (χ0n) is 10.4. The van der Waals surface area contributed by atoms with Crippen molar-refractivity contribution in [2.24, 2.45) is 0 Å². The fraction of sp³-hybridized carbons (Fsp3) is 0.385. The molecule has 0 spiro atoms.